The van der Waals surface area contributed by atoms with Crippen LogP contribution in [0.1, 0.15) is 31.9 Å². The number of hydrogen-bond acceptors (Lipinski definition) is 2. The number of aromatic amines is 1. The molecule has 3 nitrogen and oxygen atoms in total. The first-order valence-electron chi connectivity index (χ1n) is 3.79. The van der Waals surface area contributed by atoms with E-state index >= 15 is 0 Å². The highest BCUT2D eigenvalue weighted by Gasteiger charge is 2.07. The van der Waals surface area contributed by atoms with Crippen molar-refractivity contribution in [3.8, 4) is 0 Å². The van der Waals surface area contributed by atoms with Crippen molar-refractivity contribution in [3.63, 3.8) is 0 Å². The molecule has 0 radical (unpaired) electrons. The smallest absolute Gasteiger partial charge is 0.269 e. The second-order valence-corrected chi connectivity index (χ2v) is 2.61. The van der Waals surface area contributed by atoms with Crippen molar-refractivity contribution >= 4 is 0 Å². The van der Waals surface area contributed by atoms with E-state index in [1.807, 2.05) is 13.8 Å². The van der Waals surface area contributed by atoms with E-state index in [4.69, 9.17) is 0 Å². The van der Waals surface area contributed by atoms with Crippen molar-refractivity contribution in [3.05, 3.63) is 28.4 Å². The van der Waals surface area contributed by atoms with E-state index in [1.165, 1.54) is 0 Å². The zero-order valence-electron chi connectivity index (χ0n) is 6.79. The average molecular weight is 152 g/mol. The molecule has 1 aromatic heterocycles. The van der Waals surface area contributed by atoms with Crippen LogP contribution in [0.2, 0.25) is 0 Å². The highest BCUT2D eigenvalue weighted by Crippen LogP contribution is 2.10. The Kier molecular flexibility index (Phi) is 2.41. The Labute approximate surface area is 65.5 Å². The molecule has 0 amide bonds. The van der Waals surface area contributed by atoms with Crippen molar-refractivity contribution in [1.29, 1.82) is 0 Å². The fraction of sp³-hybridized carbons (Fsp3) is 0.500. The van der Waals surface area contributed by atoms with Gasteiger partial charge >= 0.3 is 0 Å². The van der Waals surface area contributed by atoms with Gasteiger partial charge in [-0.2, -0.15) is 0 Å². The molecular weight excluding hydrogens is 140 g/mol. The molecule has 1 atom stereocenters. The third kappa shape index (κ3) is 1.67. The van der Waals surface area contributed by atoms with Gasteiger partial charge in [0, 0.05) is 18.3 Å². The largest absolute Gasteiger partial charge is 0.326 e. The minimum absolute atomic E-state index is 0.0677. The number of nitrogens with one attached hydrogen (secondary N) is 1. The highest BCUT2D eigenvalue weighted by atomic mass is 16.1. The van der Waals surface area contributed by atoms with E-state index in [2.05, 4.69) is 9.97 Å². The predicted molar refractivity (Wildman–Crippen MR) is 43.6 cm³/mol. The van der Waals surface area contributed by atoms with Gasteiger partial charge in [0.05, 0.1) is 0 Å². The van der Waals surface area contributed by atoms with E-state index in [0.29, 0.717) is 5.69 Å². The van der Waals surface area contributed by atoms with Crippen molar-refractivity contribution in [1.82, 2.24) is 9.97 Å². The Bertz CT molecular complexity index is 279. The zero-order valence-corrected chi connectivity index (χ0v) is 6.79. The molecule has 1 N–H and O–H groups in total. The Morgan fingerprint density at radius 3 is 3.00 bits per heavy atom. The van der Waals surface area contributed by atoms with Gasteiger partial charge in [0.25, 0.3) is 5.56 Å². The summed E-state index contributed by atoms with van der Waals surface area (Å²) in [6.07, 6.45) is 4.11. The summed E-state index contributed by atoms with van der Waals surface area (Å²) in [5.41, 5.74) is 0.567. The van der Waals surface area contributed by atoms with E-state index in [-0.39, 0.29) is 11.5 Å². The second kappa shape index (κ2) is 3.32. The maximum Gasteiger partial charge on any atom is 0.269 e. The molecule has 0 unspecified atom stereocenters. The van der Waals surface area contributed by atoms with Gasteiger partial charge in [0.15, 0.2) is 0 Å². The van der Waals surface area contributed by atoms with Gasteiger partial charge in [-0.15, -0.1) is 0 Å². The number of nitrogens with zero attached hydrogens (tertiary/aromatic N) is 1. The predicted octanol–water partition coefficient (Wildman–Crippen LogP) is 1.28. The Balaban J connectivity index is 3.03. The summed E-state index contributed by atoms with van der Waals surface area (Å²) in [6, 6.07) is 0. The lowest BCUT2D eigenvalue weighted by Crippen LogP contribution is -2.15. The van der Waals surface area contributed by atoms with E-state index in [0.717, 1.165) is 6.42 Å². The summed E-state index contributed by atoms with van der Waals surface area (Å²) in [7, 11) is 0. The first-order valence-corrected chi connectivity index (χ1v) is 3.79. The first kappa shape index (κ1) is 7.98. The van der Waals surface area contributed by atoms with Crippen molar-refractivity contribution in [2.24, 2.45) is 0 Å². The van der Waals surface area contributed by atoms with Crippen molar-refractivity contribution in [2.75, 3.05) is 0 Å². The molecule has 3 heteroatoms. The lowest BCUT2D eigenvalue weighted by molar-refractivity contribution is 0.693. The summed E-state index contributed by atoms with van der Waals surface area (Å²) in [5, 5.41) is 0. The molecule has 1 rings (SSSR count). The number of H-pyrrole nitrogens is 1. The van der Waals surface area contributed by atoms with Gasteiger partial charge in [-0.05, 0) is 6.42 Å². The Morgan fingerprint density at radius 1 is 1.73 bits per heavy atom. The number of hydrogen-bond donors (Lipinski definition) is 1. The molecule has 0 saturated carbocycles. The van der Waals surface area contributed by atoms with Gasteiger partial charge in [-0.3, -0.25) is 9.78 Å². The third-order valence-corrected chi connectivity index (χ3v) is 1.81. The molecule has 0 aromatic carbocycles. The highest BCUT2D eigenvalue weighted by molar-refractivity contribution is 5.01. The summed E-state index contributed by atoms with van der Waals surface area (Å²) in [5.74, 6) is 0.250. The van der Waals surface area contributed by atoms with E-state index in [1.54, 1.807) is 12.4 Å². The molecular formula is C8H12N2O. The summed E-state index contributed by atoms with van der Waals surface area (Å²) < 4.78 is 0. The van der Waals surface area contributed by atoms with Crippen LogP contribution in [0.15, 0.2) is 17.2 Å². The molecule has 1 aromatic rings. The van der Waals surface area contributed by atoms with Gasteiger partial charge in [-0.1, -0.05) is 13.8 Å². The third-order valence-electron chi connectivity index (χ3n) is 1.81. The van der Waals surface area contributed by atoms with Gasteiger partial charge in [0.1, 0.15) is 5.69 Å². The lowest BCUT2D eigenvalue weighted by Gasteiger charge is -2.04. The fourth-order valence-electron chi connectivity index (χ4n) is 0.907. The zero-order chi connectivity index (χ0) is 8.27. The van der Waals surface area contributed by atoms with Crippen LogP contribution in [0.25, 0.3) is 0 Å². The summed E-state index contributed by atoms with van der Waals surface area (Å²) in [4.78, 5) is 17.7. The quantitative estimate of drug-likeness (QED) is 0.693. The lowest BCUT2D eigenvalue weighted by atomic mass is 10.1. The molecule has 0 saturated heterocycles. The number of rotatable bonds is 2. The van der Waals surface area contributed by atoms with Crippen LogP contribution >= 0.6 is 0 Å². The van der Waals surface area contributed by atoms with Crippen LogP contribution in [0.3, 0.4) is 0 Å². The molecule has 0 bridgehead atoms. The Hall–Kier alpha value is -1.12. The minimum atomic E-state index is -0.0677. The normalized spacial score (nSPS) is 12.9. The molecule has 60 valence electrons. The maximum absolute atomic E-state index is 11.1. The topological polar surface area (TPSA) is 45.8 Å². The summed E-state index contributed by atoms with van der Waals surface area (Å²) >= 11 is 0. The fourth-order valence-corrected chi connectivity index (χ4v) is 0.907. The van der Waals surface area contributed by atoms with Gasteiger partial charge in [-0.25, -0.2) is 0 Å². The van der Waals surface area contributed by atoms with Crippen LogP contribution in [-0.4, -0.2) is 9.97 Å². The van der Waals surface area contributed by atoms with Crippen LogP contribution in [0, 0.1) is 0 Å². The molecule has 0 fully saturated rings. The standard InChI is InChI=1S/C8H12N2O/c1-3-6(2)7-8(11)10-5-4-9-7/h4-6H,3H2,1-2H3,(H,10,11)/t6-/m0/s1. The molecule has 0 aliphatic rings. The SMILES string of the molecule is CC[C@H](C)c1ncc[nH]c1=O. The molecule has 0 aliphatic heterocycles. The molecule has 0 aliphatic carbocycles. The van der Waals surface area contributed by atoms with Gasteiger partial charge < -0.3 is 4.98 Å². The molecule has 11 heavy (non-hydrogen) atoms. The Morgan fingerprint density at radius 2 is 2.45 bits per heavy atom. The number of aromatic nitrogens is 2. The van der Waals surface area contributed by atoms with Crippen LogP contribution in [0.5, 0.6) is 0 Å². The van der Waals surface area contributed by atoms with Crippen molar-refractivity contribution < 1.29 is 0 Å². The molecule has 0 spiro atoms. The molecule has 1 heterocycles. The monoisotopic (exact) mass is 152 g/mol. The van der Waals surface area contributed by atoms with Crippen molar-refractivity contribution in [2.45, 2.75) is 26.2 Å². The first-order chi connectivity index (χ1) is 5.25. The van der Waals surface area contributed by atoms with E-state index in [9.17, 15) is 4.79 Å². The van der Waals surface area contributed by atoms with Gasteiger partial charge in [0.2, 0.25) is 0 Å². The minimum Gasteiger partial charge on any atom is -0.326 e. The maximum atomic E-state index is 11.1. The van der Waals surface area contributed by atoms with Crippen LogP contribution in [0.4, 0.5) is 0 Å². The van der Waals surface area contributed by atoms with Crippen LogP contribution < -0.4 is 5.56 Å². The second-order valence-electron chi connectivity index (χ2n) is 2.61. The average Bonchev–Trinajstić information content (AvgIpc) is 2.04. The van der Waals surface area contributed by atoms with E-state index < -0.39 is 0 Å². The van der Waals surface area contributed by atoms with Crippen LogP contribution in [-0.2, 0) is 0 Å². The summed E-state index contributed by atoms with van der Waals surface area (Å²) in [6.45, 7) is 4.04.